The molecule has 0 spiro atoms. The van der Waals surface area contributed by atoms with E-state index >= 15 is 0 Å². The van der Waals surface area contributed by atoms with Crippen molar-refractivity contribution in [1.29, 1.82) is 0 Å². The van der Waals surface area contributed by atoms with Gasteiger partial charge in [0, 0.05) is 10.4 Å². The number of halogens is 2. The van der Waals surface area contributed by atoms with Crippen LogP contribution in [0.15, 0.2) is 16.6 Å². The molecule has 0 aliphatic heterocycles. The molecule has 1 saturated carbocycles. The third-order valence-electron chi connectivity index (χ3n) is 3.87. The Labute approximate surface area is 132 Å². The van der Waals surface area contributed by atoms with Crippen molar-refractivity contribution in [2.24, 2.45) is 5.92 Å². The summed E-state index contributed by atoms with van der Waals surface area (Å²) < 4.78 is 11.8. The number of benzene rings is 1. The summed E-state index contributed by atoms with van der Waals surface area (Å²) in [5, 5.41) is 0. The lowest BCUT2D eigenvalue weighted by Gasteiger charge is -2.19. The van der Waals surface area contributed by atoms with Gasteiger partial charge in [0.1, 0.15) is 16.0 Å². The highest BCUT2D eigenvalue weighted by Gasteiger charge is 2.23. The first-order valence-corrected chi connectivity index (χ1v) is 8.42. The summed E-state index contributed by atoms with van der Waals surface area (Å²) >= 11 is 7.39. The minimum Gasteiger partial charge on any atom is -0.495 e. The van der Waals surface area contributed by atoms with Crippen LogP contribution in [0.3, 0.4) is 0 Å². The molecule has 0 heterocycles. The van der Waals surface area contributed by atoms with Crippen molar-refractivity contribution in [3.8, 4) is 11.5 Å². The average Bonchev–Trinajstić information content (AvgIpc) is 2.91. The van der Waals surface area contributed by atoms with Gasteiger partial charge in [0.2, 0.25) is 0 Å². The first kappa shape index (κ1) is 15.2. The first-order valence-electron chi connectivity index (χ1n) is 6.71. The van der Waals surface area contributed by atoms with Crippen LogP contribution >= 0.6 is 31.9 Å². The minimum absolute atomic E-state index is 0.341. The Morgan fingerprint density at radius 1 is 1.21 bits per heavy atom. The maximum absolute atomic E-state index is 5.55. The molecule has 0 N–H and O–H groups in total. The van der Waals surface area contributed by atoms with Crippen molar-refractivity contribution in [3.05, 3.63) is 22.2 Å². The van der Waals surface area contributed by atoms with E-state index < -0.39 is 0 Å². The van der Waals surface area contributed by atoms with Crippen molar-refractivity contribution in [1.82, 2.24) is 0 Å². The van der Waals surface area contributed by atoms with Crippen LogP contribution in [0.25, 0.3) is 0 Å². The smallest absolute Gasteiger partial charge is 0.141 e. The van der Waals surface area contributed by atoms with Crippen LogP contribution < -0.4 is 9.47 Å². The number of hydrogen-bond acceptors (Lipinski definition) is 2. The standard InChI is InChI=1S/C15H20Br2O2/c1-18-13-8-7-11(15(19-2)14(13)17)12(16)9-10-5-3-4-6-10/h7-8,10,12H,3-6,9H2,1-2H3. The highest BCUT2D eigenvalue weighted by molar-refractivity contribution is 9.10. The fourth-order valence-corrected chi connectivity index (χ4v) is 4.40. The Bertz CT molecular complexity index is 428. The second-order valence-electron chi connectivity index (χ2n) is 5.06. The molecule has 106 valence electrons. The van der Waals surface area contributed by atoms with Crippen molar-refractivity contribution < 1.29 is 9.47 Å². The lowest BCUT2D eigenvalue weighted by Crippen LogP contribution is -2.02. The lowest BCUT2D eigenvalue weighted by molar-refractivity contribution is 0.384. The Kier molecular flexibility index (Phi) is 5.58. The quantitative estimate of drug-likeness (QED) is 0.618. The number of alkyl halides is 1. The minimum atomic E-state index is 0.341. The molecule has 19 heavy (non-hydrogen) atoms. The number of rotatable bonds is 5. The summed E-state index contributed by atoms with van der Waals surface area (Å²) in [4.78, 5) is 0.341. The summed E-state index contributed by atoms with van der Waals surface area (Å²) in [7, 11) is 3.38. The molecule has 1 aliphatic rings. The molecule has 1 aliphatic carbocycles. The van der Waals surface area contributed by atoms with E-state index in [9.17, 15) is 0 Å². The highest BCUT2D eigenvalue weighted by Crippen LogP contribution is 2.45. The van der Waals surface area contributed by atoms with Gasteiger partial charge in [-0.15, -0.1) is 0 Å². The average molecular weight is 392 g/mol. The van der Waals surface area contributed by atoms with Crippen molar-refractivity contribution in [2.75, 3.05) is 14.2 Å². The number of methoxy groups -OCH3 is 2. The summed E-state index contributed by atoms with van der Waals surface area (Å²) in [5.41, 5.74) is 1.20. The molecule has 1 atom stereocenters. The number of hydrogen-bond donors (Lipinski definition) is 0. The molecule has 0 radical (unpaired) electrons. The molecule has 2 nitrogen and oxygen atoms in total. The van der Waals surface area contributed by atoms with Gasteiger partial charge in [0.15, 0.2) is 0 Å². The molecule has 0 bridgehead atoms. The van der Waals surface area contributed by atoms with E-state index in [2.05, 4.69) is 37.9 Å². The first-order chi connectivity index (χ1) is 9.17. The van der Waals surface area contributed by atoms with Gasteiger partial charge in [-0.05, 0) is 34.3 Å². The molecule has 1 aromatic carbocycles. The van der Waals surface area contributed by atoms with E-state index in [1.165, 1.54) is 37.7 Å². The maximum atomic E-state index is 5.55. The molecule has 1 aromatic rings. The molecule has 2 rings (SSSR count). The van der Waals surface area contributed by atoms with E-state index in [4.69, 9.17) is 9.47 Å². The van der Waals surface area contributed by atoms with E-state index in [-0.39, 0.29) is 0 Å². The zero-order valence-electron chi connectivity index (χ0n) is 11.4. The lowest BCUT2D eigenvalue weighted by atomic mass is 9.97. The van der Waals surface area contributed by atoms with E-state index in [0.29, 0.717) is 4.83 Å². The molecular formula is C15H20Br2O2. The molecule has 0 saturated heterocycles. The Morgan fingerprint density at radius 3 is 2.47 bits per heavy atom. The van der Waals surface area contributed by atoms with Crippen LogP contribution in [0.1, 0.15) is 42.5 Å². The maximum Gasteiger partial charge on any atom is 0.141 e. The largest absolute Gasteiger partial charge is 0.495 e. The topological polar surface area (TPSA) is 18.5 Å². The van der Waals surface area contributed by atoms with E-state index in [1.54, 1.807) is 14.2 Å². The van der Waals surface area contributed by atoms with Gasteiger partial charge in [-0.25, -0.2) is 0 Å². The Morgan fingerprint density at radius 2 is 1.89 bits per heavy atom. The second kappa shape index (κ2) is 6.98. The van der Waals surface area contributed by atoms with Crippen molar-refractivity contribution in [2.45, 2.75) is 36.9 Å². The van der Waals surface area contributed by atoms with Gasteiger partial charge in [-0.2, -0.15) is 0 Å². The summed E-state index contributed by atoms with van der Waals surface area (Å²) in [6.07, 6.45) is 6.67. The SMILES string of the molecule is COc1ccc(C(Br)CC2CCCC2)c(OC)c1Br. The third kappa shape index (κ3) is 3.46. The molecule has 0 aromatic heterocycles. The van der Waals surface area contributed by atoms with Crippen LogP contribution in [0.4, 0.5) is 0 Å². The van der Waals surface area contributed by atoms with Gasteiger partial charge in [-0.3, -0.25) is 0 Å². The number of ether oxygens (including phenoxy) is 2. The molecule has 0 amide bonds. The normalized spacial score (nSPS) is 17.5. The molecular weight excluding hydrogens is 372 g/mol. The van der Waals surface area contributed by atoms with Gasteiger partial charge >= 0.3 is 0 Å². The van der Waals surface area contributed by atoms with Crippen LogP contribution in [-0.2, 0) is 0 Å². The summed E-state index contributed by atoms with van der Waals surface area (Å²) in [5.74, 6) is 2.52. The summed E-state index contributed by atoms with van der Waals surface area (Å²) in [6.45, 7) is 0. The Hall–Kier alpha value is -0.220. The van der Waals surface area contributed by atoms with Gasteiger partial charge in [0.05, 0.1) is 14.2 Å². The molecule has 1 fully saturated rings. The van der Waals surface area contributed by atoms with Crippen LogP contribution in [0.5, 0.6) is 11.5 Å². The monoisotopic (exact) mass is 390 g/mol. The zero-order valence-corrected chi connectivity index (χ0v) is 14.6. The van der Waals surface area contributed by atoms with Gasteiger partial charge in [0.25, 0.3) is 0 Å². The van der Waals surface area contributed by atoms with E-state index in [0.717, 1.165) is 21.9 Å². The van der Waals surface area contributed by atoms with Crippen molar-refractivity contribution in [3.63, 3.8) is 0 Å². The zero-order chi connectivity index (χ0) is 13.8. The third-order valence-corrected chi connectivity index (χ3v) is 5.49. The summed E-state index contributed by atoms with van der Waals surface area (Å²) in [6, 6.07) is 4.08. The van der Waals surface area contributed by atoms with Crippen molar-refractivity contribution >= 4 is 31.9 Å². The van der Waals surface area contributed by atoms with Gasteiger partial charge < -0.3 is 9.47 Å². The molecule has 4 heteroatoms. The molecule has 1 unspecified atom stereocenters. The fraction of sp³-hybridized carbons (Fsp3) is 0.600. The predicted octanol–water partition coefficient (Wildman–Crippen LogP) is 5.48. The highest BCUT2D eigenvalue weighted by atomic mass is 79.9. The second-order valence-corrected chi connectivity index (χ2v) is 6.96. The van der Waals surface area contributed by atoms with Crippen LogP contribution in [-0.4, -0.2) is 14.2 Å². The predicted molar refractivity (Wildman–Crippen MR) is 85.5 cm³/mol. The van der Waals surface area contributed by atoms with Crippen LogP contribution in [0, 0.1) is 5.92 Å². The Balaban J connectivity index is 2.20. The van der Waals surface area contributed by atoms with E-state index in [1.807, 2.05) is 6.07 Å². The van der Waals surface area contributed by atoms with Crippen LogP contribution in [0.2, 0.25) is 0 Å². The van der Waals surface area contributed by atoms with Gasteiger partial charge in [-0.1, -0.05) is 47.7 Å². The fourth-order valence-electron chi connectivity index (χ4n) is 2.83.